The highest BCUT2D eigenvalue weighted by atomic mass is 127. The van der Waals surface area contributed by atoms with Crippen molar-refractivity contribution in [3.63, 3.8) is 0 Å². The van der Waals surface area contributed by atoms with Crippen molar-refractivity contribution in [3.05, 3.63) is 51.9 Å². The van der Waals surface area contributed by atoms with Gasteiger partial charge in [0, 0.05) is 51.9 Å². The second-order valence-corrected chi connectivity index (χ2v) is 7.74. The molecular weight excluding hydrogens is 540 g/mol. The minimum atomic E-state index is -3.60. The average Bonchev–Trinajstić information content (AvgIpc) is 2.63. The summed E-state index contributed by atoms with van der Waals surface area (Å²) in [4.78, 5) is 3.99. The van der Waals surface area contributed by atoms with Crippen LogP contribution in [0.4, 0.5) is 22.0 Å². The summed E-state index contributed by atoms with van der Waals surface area (Å²) in [5.74, 6) is -8.09. The maximum Gasteiger partial charge on any atom is 0.273 e. The van der Waals surface area contributed by atoms with Crippen molar-refractivity contribution in [3.8, 4) is 11.3 Å². The number of pyridine rings is 1. The van der Waals surface area contributed by atoms with Gasteiger partial charge < -0.3 is 9.29 Å². The first-order chi connectivity index (χ1) is 13.1. The van der Waals surface area contributed by atoms with Crippen LogP contribution in [-0.2, 0) is 10.1 Å². The van der Waals surface area contributed by atoms with Gasteiger partial charge in [0.15, 0.2) is 11.6 Å². The number of alkyl halides is 2. The Morgan fingerprint density at radius 3 is 2.54 bits per heavy atom. The van der Waals surface area contributed by atoms with Gasteiger partial charge in [-0.15, -0.1) is 0 Å². The van der Waals surface area contributed by atoms with Crippen molar-refractivity contribution >= 4 is 42.0 Å². The number of benzene rings is 1. The molecule has 1 unspecified atom stereocenters. The van der Waals surface area contributed by atoms with Crippen molar-refractivity contribution < 1.29 is 31.2 Å². The van der Waals surface area contributed by atoms with Gasteiger partial charge in [-0.1, -0.05) is 11.6 Å². The molecule has 2 aromatic rings. The zero-order valence-electron chi connectivity index (χ0n) is 14.3. The Kier molecular flexibility index (Phi) is 8.32. The minimum absolute atomic E-state index is 0.00633. The van der Waals surface area contributed by atoms with Crippen LogP contribution in [0.25, 0.3) is 11.3 Å². The van der Waals surface area contributed by atoms with Crippen molar-refractivity contribution in [2.45, 2.75) is 25.2 Å². The molecule has 0 aliphatic carbocycles. The van der Waals surface area contributed by atoms with Gasteiger partial charge in [0.1, 0.15) is 16.5 Å². The zero-order valence-corrected chi connectivity index (χ0v) is 18.0. The number of hydrogen-bond donors (Lipinski definition) is 1. The number of rotatable bonds is 8. The van der Waals surface area contributed by atoms with E-state index in [9.17, 15) is 27.1 Å². The van der Waals surface area contributed by atoms with Crippen LogP contribution < -0.4 is 0 Å². The Morgan fingerprint density at radius 2 is 1.96 bits per heavy atom. The van der Waals surface area contributed by atoms with E-state index in [4.69, 9.17) is 15.8 Å². The molecule has 2 rings (SSSR count). The molecule has 11 heteroatoms. The molecule has 1 aromatic carbocycles. The van der Waals surface area contributed by atoms with Crippen molar-refractivity contribution in [2.24, 2.45) is 0 Å². The number of halogens is 7. The van der Waals surface area contributed by atoms with Crippen molar-refractivity contribution in [2.75, 3.05) is 13.2 Å². The van der Waals surface area contributed by atoms with Gasteiger partial charge in [0.25, 0.3) is 5.92 Å². The summed E-state index contributed by atoms with van der Waals surface area (Å²) < 4.78 is 75.9. The second kappa shape index (κ2) is 9.88. The number of aliphatic hydroxyl groups is 1. The standard InChI is InChI=1S/C17H14ClF5INO2S/c1-17(22,23)10-6-12(8(4-5-26)7-27-28-24)25-16(15(10)21)9-2-3-11(19)13(18)14(9)20/h2-3,6,8,26H,4-5,7H2,1H3. The number of nitrogens with zero attached hydrogens (tertiary/aromatic N) is 1. The van der Waals surface area contributed by atoms with E-state index in [1.165, 1.54) is 0 Å². The van der Waals surface area contributed by atoms with E-state index >= 15 is 0 Å². The summed E-state index contributed by atoms with van der Waals surface area (Å²) in [6.07, 6.45) is 0.0939. The lowest BCUT2D eigenvalue weighted by molar-refractivity contribution is 0.0135. The fourth-order valence-corrected chi connectivity index (χ4v) is 3.37. The molecule has 1 atom stereocenters. The van der Waals surface area contributed by atoms with Gasteiger partial charge in [-0.25, -0.2) is 26.9 Å². The van der Waals surface area contributed by atoms with E-state index < -0.39 is 51.1 Å². The van der Waals surface area contributed by atoms with E-state index in [-0.39, 0.29) is 25.3 Å². The van der Waals surface area contributed by atoms with Crippen LogP contribution in [0, 0.1) is 17.5 Å². The van der Waals surface area contributed by atoms with Crippen molar-refractivity contribution in [1.82, 2.24) is 4.98 Å². The summed E-state index contributed by atoms with van der Waals surface area (Å²) in [5, 5.41) is 8.35. The highest BCUT2D eigenvalue weighted by molar-refractivity contribution is 14.2. The molecule has 154 valence electrons. The molecule has 0 amide bonds. The fourth-order valence-electron chi connectivity index (χ4n) is 2.55. The van der Waals surface area contributed by atoms with Gasteiger partial charge in [0.05, 0.1) is 21.4 Å². The maximum atomic E-state index is 14.8. The third-order valence-electron chi connectivity index (χ3n) is 3.95. The lowest BCUT2D eigenvalue weighted by Crippen LogP contribution is -2.17. The van der Waals surface area contributed by atoms with Gasteiger partial charge >= 0.3 is 0 Å². The smallest absolute Gasteiger partial charge is 0.273 e. The molecule has 0 saturated carbocycles. The van der Waals surface area contributed by atoms with Crippen LogP contribution in [0.2, 0.25) is 5.02 Å². The van der Waals surface area contributed by atoms with Gasteiger partial charge in [0.2, 0.25) is 0 Å². The Labute approximate surface area is 179 Å². The molecule has 0 aliphatic heterocycles. The summed E-state index contributed by atoms with van der Waals surface area (Å²) in [7, 11) is 0.989. The summed E-state index contributed by atoms with van der Waals surface area (Å²) in [6.45, 7) is 0.182. The lowest BCUT2D eigenvalue weighted by atomic mass is 9.96. The van der Waals surface area contributed by atoms with Crippen LogP contribution >= 0.6 is 42.0 Å². The van der Waals surface area contributed by atoms with E-state index in [1.54, 1.807) is 0 Å². The molecule has 28 heavy (non-hydrogen) atoms. The van der Waals surface area contributed by atoms with Gasteiger partial charge in [-0.2, -0.15) is 0 Å². The summed E-state index contributed by atoms with van der Waals surface area (Å²) in [5.41, 5.74) is -2.30. The molecule has 1 aromatic heterocycles. The summed E-state index contributed by atoms with van der Waals surface area (Å²) >= 11 is 7.38. The third-order valence-corrected chi connectivity index (χ3v) is 5.28. The second-order valence-electron chi connectivity index (χ2n) is 5.93. The Hall–Kier alpha value is -0.690. The SMILES string of the molecule is CC(F)(F)c1cc(C(CCO)COSI)nc(-c2ccc(F)c(Cl)c2F)c1F. The molecular formula is C17H14ClF5INO2S. The molecule has 0 radical (unpaired) electrons. The van der Waals surface area contributed by atoms with E-state index in [1.807, 2.05) is 21.2 Å². The molecule has 3 nitrogen and oxygen atoms in total. The van der Waals surface area contributed by atoms with Crippen LogP contribution in [0.15, 0.2) is 18.2 Å². The van der Waals surface area contributed by atoms with E-state index in [2.05, 4.69) is 4.98 Å². The molecule has 1 N–H and O–H groups in total. The van der Waals surface area contributed by atoms with Crippen LogP contribution in [0.3, 0.4) is 0 Å². The topological polar surface area (TPSA) is 42.4 Å². The molecule has 0 aliphatic rings. The lowest BCUT2D eigenvalue weighted by Gasteiger charge is -2.20. The molecule has 0 saturated heterocycles. The van der Waals surface area contributed by atoms with Crippen LogP contribution in [0.1, 0.15) is 30.5 Å². The molecule has 0 fully saturated rings. The van der Waals surface area contributed by atoms with Gasteiger partial charge in [-0.05, 0) is 24.6 Å². The number of hydrogen-bond acceptors (Lipinski definition) is 4. The van der Waals surface area contributed by atoms with E-state index in [0.29, 0.717) is 6.92 Å². The van der Waals surface area contributed by atoms with Crippen LogP contribution in [-0.4, -0.2) is 23.3 Å². The first kappa shape index (κ1) is 23.6. The average molecular weight is 554 g/mol. The Balaban J connectivity index is 2.73. The van der Waals surface area contributed by atoms with Crippen molar-refractivity contribution in [1.29, 1.82) is 0 Å². The third kappa shape index (κ3) is 5.26. The molecule has 0 bridgehead atoms. The Bertz CT molecular complexity index is 853. The quantitative estimate of drug-likeness (QED) is 0.178. The normalized spacial score (nSPS) is 13.0. The number of aromatic nitrogens is 1. The zero-order chi connectivity index (χ0) is 21.1. The maximum absolute atomic E-state index is 14.8. The van der Waals surface area contributed by atoms with Crippen LogP contribution in [0.5, 0.6) is 0 Å². The Morgan fingerprint density at radius 1 is 1.29 bits per heavy atom. The van der Waals surface area contributed by atoms with Gasteiger partial charge in [-0.3, -0.25) is 0 Å². The van der Waals surface area contributed by atoms with E-state index in [0.717, 1.165) is 27.4 Å². The molecule has 1 heterocycles. The fraction of sp³-hybridized carbons (Fsp3) is 0.353. The largest absolute Gasteiger partial charge is 0.396 e. The highest BCUT2D eigenvalue weighted by Crippen LogP contribution is 2.38. The molecule has 0 spiro atoms. The minimum Gasteiger partial charge on any atom is -0.396 e. The first-order valence-corrected chi connectivity index (χ1v) is 11.5. The predicted octanol–water partition coefficient (Wildman–Crippen LogP) is 6.41. The highest BCUT2D eigenvalue weighted by Gasteiger charge is 2.33. The summed E-state index contributed by atoms with van der Waals surface area (Å²) in [6, 6.07) is 2.53. The first-order valence-electron chi connectivity index (χ1n) is 7.85. The predicted molar refractivity (Wildman–Crippen MR) is 106 cm³/mol. The number of aliphatic hydroxyl groups excluding tert-OH is 1. The monoisotopic (exact) mass is 553 g/mol.